The van der Waals surface area contributed by atoms with Crippen molar-refractivity contribution in [3.05, 3.63) is 0 Å². The Morgan fingerprint density at radius 2 is 0.526 bits per heavy atom. The average Bonchev–Trinajstić information content (AvgIpc) is 1.45. The lowest BCUT2D eigenvalue weighted by Gasteiger charge is -2.21. The number of phosphoric ester groups is 2. The van der Waals surface area contributed by atoms with E-state index in [2.05, 4.69) is 41.5 Å². The van der Waals surface area contributed by atoms with Gasteiger partial charge in [0.2, 0.25) is 0 Å². The van der Waals surface area contributed by atoms with Crippen LogP contribution in [0.15, 0.2) is 0 Å². The topological polar surface area (TPSA) is 237 Å². The van der Waals surface area contributed by atoms with Gasteiger partial charge in [0.25, 0.3) is 0 Å². The summed E-state index contributed by atoms with van der Waals surface area (Å²) in [4.78, 5) is 72.6. The highest BCUT2D eigenvalue weighted by molar-refractivity contribution is 7.47. The number of esters is 4. The van der Waals surface area contributed by atoms with E-state index in [9.17, 15) is 43.2 Å². The van der Waals surface area contributed by atoms with Crippen LogP contribution in [0.5, 0.6) is 0 Å². The molecule has 3 unspecified atom stereocenters. The fourth-order valence-corrected chi connectivity index (χ4v) is 13.6. The molecule has 0 aromatic heterocycles. The minimum Gasteiger partial charge on any atom is -0.462 e. The first-order valence-corrected chi connectivity index (χ1v) is 43.5. The molecule has 0 saturated heterocycles. The maximum atomic E-state index is 13.1. The van der Waals surface area contributed by atoms with Crippen molar-refractivity contribution in [1.29, 1.82) is 0 Å². The maximum Gasteiger partial charge on any atom is 0.472 e. The first kappa shape index (κ1) is 95.1. The molecule has 0 aromatic carbocycles. The van der Waals surface area contributed by atoms with Crippen LogP contribution in [0.1, 0.15) is 408 Å². The molecule has 97 heavy (non-hydrogen) atoms. The van der Waals surface area contributed by atoms with Crippen LogP contribution >= 0.6 is 15.6 Å². The second kappa shape index (κ2) is 69.8. The van der Waals surface area contributed by atoms with Crippen LogP contribution in [-0.4, -0.2) is 96.7 Å². The van der Waals surface area contributed by atoms with Crippen LogP contribution in [0.3, 0.4) is 0 Å². The highest BCUT2D eigenvalue weighted by Crippen LogP contribution is 2.45. The summed E-state index contributed by atoms with van der Waals surface area (Å²) in [5, 5.41) is 10.6. The Bertz CT molecular complexity index is 1870. The third-order valence-corrected chi connectivity index (χ3v) is 20.5. The van der Waals surface area contributed by atoms with Gasteiger partial charge in [0.15, 0.2) is 12.2 Å². The summed E-state index contributed by atoms with van der Waals surface area (Å²) in [6.45, 7) is 9.59. The maximum absolute atomic E-state index is 13.1. The van der Waals surface area contributed by atoms with Gasteiger partial charge >= 0.3 is 39.5 Å². The number of carbonyl (C=O) groups is 4. The molecule has 0 aliphatic heterocycles. The van der Waals surface area contributed by atoms with Crippen LogP contribution in [0.4, 0.5) is 0 Å². The lowest BCUT2D eigenvalue weighted by molar-refractivity contribution is -0.161. The van der Waals surface area contributed by atoms with Gasteiger partial charge in [-0.1, -0.05) is 356 Å². The zero-order valence-corrected chi connectivity index (χ0v) is 65.2. The van der Waals surface area contributed by atoms with Gasteiger partial charge in [0.1, 0.15) is 19.3 Å². The molecule has 0 heterocycles. The first-order valence-electron chi connectivity index (χ1n) is 40.5. The largest absolute Gasteiger partial charge is 0.472 e. The van der Waals surface area contributed by atoms with E-state index in [4.69, 9.17) is 37.0 Å². The van der Waals surface area contributed by atoms with Crippen molar-refractivity contribution in [3.63, 3.8) is 0 Å². The Morgan fingerprint density at radius 1 is 0.299 bits per heavy atom. The summed E-state index contributed by atoms with van der Waals surface area (Å²) in [5.41, 5.74) is 0. The minimum atomic E-state index is -4.96. The average molecular weight is 1420 g/mol. The second-order valence-electron chi connectivity index (χ2n) is 28.8. The van der Waals surface area contributed by atoms with E-state index in [0.717, 1.165) is 108 Å². The van der Waals surface area contributed by atoms with E-state index in [-0.39, 0.29) is 25.7 Å². The second-order valence-corrected chi connectivity index (χ2v) is 31.7. The summed E-state index contributed by atoms with van der Waals surface area (Å²) in [6, 6.07) is 0. The van der Waals surface area contributed by atoms with Crippen molar-refractivity contribution in [3.8, 4) is 0 Å². The lowest BCUT2D eigenvalue weighted by atomic mass is 9.99. The molecule has 17 nitrogen and oxygen atoms in total. The van der Waals surface area contributed by atoms with Gasteiger partial charge < -0.3 is 33.8 Å². The van der Waals surface area contributed by atoms with Crippen LogP contribution in [-0.2, 0) is 65.4 Å². The molecular weight excluding hydrogens is 1270 g/mol. The molecule has 0 bridgehead atoms. The van der Waals surface area contributed by atoms with Crippen molar-refractivity contribution in [1.82, 2.24) is 0 Å². The Morgan fingerprint density at radius 3 is 0.784 bits per heavy atom. The Kier molecular flexibility index (Phi) is 68.4. The molecule has 576 valence electrons. The van der Waals surface area contributed by atoms with Crippen LogP contribution in [0, 0.1) is 11.8 Å². The van der Waals surface area contributed by atoms with Crippen LogP contribution in [0.2, 0.25) is 0 Å². The highest BCUT2D eigenvalue weighted by Gasteiger charge is 2.30. The highest BCUT2D eigenvalue weighted by atomic mass is 31.2. The molecule has 0 spiro atoms. The predicted octanol–water partition coefficient (Wildman–Crippen LogP) is 23.1. The summed E-state index contributed by atoms with van der Waals surface area (Å²) >= 11 is 0. The molecule has 0 fully saturated rings. The van der Waals surface area contributed by atoms with Crippen molar-refractivity contribution in [2.75, 3.05) is 39.6 Å². The molecule has 0 saturated carbocycles. The van der Waals surface area contributed by atoms with Crippen molar-refractivity contribution < 1.29 is 80.2 Å². The summed E-state index contributed by atoms with van der Waals surface area (Å²) < 4.78 is 68.4. The van der Waals surface area contributed by atoms with Gasteiger partial charge in [-0.25, -0.2) is 9.13 Å². The standard InChI is InChI=1S/C78H152O17P2/c1-7-10-12-14-15-16-17-18-19-20-21-22-23-28-34-39-44-50-56-63-78(83)95-74(67-89-76(81)61-55-49-43-38-33-27-25-24-26-32-37-42-48-53-59-71(6)9-3)69-93-97(86,87)91-65-72(79)64-90-96(84,85)92-68-73(66-88-75(80)60-54-46-13-11-8-2)94-77(82)62-57-51-45-40-35-30-29-31-36-41-47-52-58-70(4)5/h70-74,79H,7-69H2,1-6H3,(H,84,85)(H,86,87)/t71?,72-,73+,74+/m0/s1. The first-order chi connectivity index (χ1) is 46.9. The van der Waals surface area contributed by atoms with E-state index in [1.54, 1.807) is 0 Å². The number of carbonyl (C=O) groups excluding carboxylic acids is 4. The van der Waals surface area contributed by atoms with E-state index in [0.29, 0.717) is 25.7 Å². The normalized spacial score (nSPS) is 14.2. The number of hydrogen-bond acceptors (Lipinski definition) is 15. The fraction of sp³-hybridized carbons (Fsp3) is 0.949. The van der Waals surface area contributed by atoms with E-state index in [1.807, 2.05) is 0 Å². The van der Waals surface area contributed by atoms with Gasteiger partial charge in [0.05, 0.1) is 26.4 Å². The van der Waals surface area contributed by atoms with Gasteiger partial charge in [0, 0.05) is 25.7 Å². The molecule has 0 aliphatic rings. The predicted molar refractivity (Wildman–Crippen MR) is 395 cm³/mol. The summed E-state index contributed by atoms with van der Waals surface area (Å²) in [5.74, 6) is -0.497. The Balaban J connectivity index is 5.14. The van der Waals surface area contributed by atoms with Crippen molar-refractivity contribution in [2.45, 2.75) is 426 Å². The molecule has 0 amide bonds. The molecule has 0 rings (SSSR count). The zero-order valence-electron chi connectivity index (χ0n) is 63.4. The molecular formula is C78H152O17P2. The molecule has 3 N–H and O–H groups in total. The minimum absolute atomic E-state index is 0.106. The number of ether oxygens (including phenoxy) is 4. The zero-order chi connectivity index (χ0) is 71.4. The van der Waals surface area contributed by atoms with E-state index in [1.165, 1.54) is 218 Å². The third kappa shape index (κ3) is 70.9. The number of unbranched alkanes of at least 4 members (excludes halogenated alkanes) is 46. The molecule has 0 aromatic rings. The molecule has 6 atom stereocenters. The van der Waals surface area contributed by atoms with Gasteiger partial charge in [-0.2, -0.15) is 0 Å². The van der Waals surface area contributed by atoms with Crippen molar-refractivity contribution in [2.24, 2.45) is 11.8 Å². The molecule has 0 radical (unpaired) electrons. The number of rotatable bonds is 77. The third-order valence-electron chi connectivity index (χ3n) is 18.6. The Hall–Kier alpha value is -1.94. The van der Waals surface area contributed by atoms with E-state index >= 15 is 0 Å². The van der Waals surface area contributed by atoms with Gasteiger partial charge in [-0.15, -0.1) is 0 Å². The lowest BCUT2D eigenvalue weighted by Crippen LogP contribution is -2.30. The van der Waals surface area contributed by atoms with E-state index < -0.39 is 97.5 Å². The Labute approximate surface area is 594 Å². The summed E-state index contributed by atoms with van der Waals surface area (Å²) in [7, 11) is -9.90. The number of aliphatic hydroxyl groups excluding tert-OH is 1. The quantitative estimate of drug-likeness (QED) is 0.0222. The number of aliphatic hydroxyl groups is 1. The fourth-order valence-electron chi connectivity index (χ4n) is 12.0. The molecule has 0 aliphatic carbocycles. The van der Waals surface area contributed by atoms with Gasteiger partial charge in [-0.3, -0.25) is 37.3 Å². The van der Waals surface area contributed by atoms with Crippen LogP contribution < -0.4 is 0 Å². The summed E-state index contributed by atoms with van der Waals surface area (Å²) in [6.07, 6.45) is 58.7. The smallest absolute Gasteiger partial charge is 0.462 e. The SMILES string of the molecule is CCCCCCCCCCCCCCCCCCCCCC(=O)O[C@H](COC(=O)CCCCCCCCCCCCCCCCC(C)CC)COP(=O)(O)OC[C@@H](O)COP(=O)(O)OC[C@@H](COC(=O)CCCCCCC)OC(=O)CCCCCCCCCCCCCCC(C)C. The monoisotopic (exact) mass is 1420 g/mol. The number of phosphoric acid groups is 2. The van der Waals surface area contributed by atoms with Crippen LogP contribution in [0.25, 0.3) is 0 Å². The van der Waals surface area contributed by atoms with Crippen molar-refractivity contribution >= 4 is 39.5 Å². The number of hydrogen-bond donors (Lipinski definition) is 3. The van der Waals surface area contributed by atoms with Gasteiger partial charge in [-0.05, 0) is 37.5 Å². The molecule has 19 heteroatoms.